The molecule has 6 heterocycles. The number of carboxylic acid groups (broad SMARTS) is 2. The lowest BCUT2D eigenvalue weighted by atomic mass is 9.97. The summed E-state index contributed by atoms with van der Waals surface area (Å²) in [6.07, 6.45) is -1.54. The standard InChI is InChI=1S/C89H123N21O23S/c1-5-7-20-66-81(125)99-57(28-30-74(116)117)77(121)105-65(76(120)96-44-72(93)114)46-134-47-73(115)97-61(36-48-24-26-51(111)27-25-48)87(131)108-34-14-13-22-67(108)82(126)103-63(40-71(92)113)88(132)109-35-15-23-68(109)83(127)104-64(41-91)80(124)100-59(29-31-75(118)119)86(130)110-45-52(112)39-70(110)84(128)101-60(37-49-42-94-55-18-11-9-16-53(49)55)79(123)98-58(32-33-90)78(122)102-62(38-50-43-95-56-19-12-10-17-54(50)56)85(129)107(4)69(21-8-6-2)89(133)106(66)3/h9-12,16-19,24-27,42-43,52,57-70,94-95,111-112H,5-8,13-15,20-23,28-41,44-47,90-91H2,1-4H3,(H2,92,113)(H2,93,114)(H,96,120)(H,97,115)(H,98,123)(H,99,125)(H,100,124)(H,101,128)(H,102,122)(H,103,126)(H,104,127)(H,105,121)(H,116,117)(H,118,119)/t52-,57+,58+,59+,60+,61+,62+,63+,64+,65+,66+,67+,68+,69+,70+/m1/s1. The number of para-hydroxylation sites is 2. The predicted octanol–water partition coefficient (Wildman–Crippen LogP) is -3.62. The van der Waals surface area contributed by atoms with Gasteiger partial charge in [0, 0.05) is 119 Å². The quantitative estimate of drug-likeness (QED) is 0.0254. The van der Waals surface area contributed by atoms with Gasteiger partial charge in [0.05, 0.1) is 24.8 Å². The molecule has 728 valence electrons. The van der Waals surface area contributed by atoms with Gasteiger partial charge >= 0.3 is 11.9 Å². The second kappa shape index (κ2) is 50.0. The Morgan fingerprint density at radius 1 is 0.478 bits per heavy atom. The molecule has 134 heavy (non-hydrogen) atoms. The number of nitrogens with zero attached hydrogens (tertiary/aromatic N) is 5. The number of thioether (sulfide) groups is 1. The molecule has 4 fully saturated rings. The number of carboxylic acids is 2. The fourth-order valence-electron chi connectivity index (χ4n) is 17.0. The number of phenols is 1. The fraction of sp³-hybridized carbons (Fsp3) is 0.539. The monoisotopic (exact) mass is 1890 g/mol. The second-order valence-electron chi connectivity index (χ2n) is 34.0. The Bertz CT molecular complexity index is 5090. The van der Waals surface area contributed by atoms with Gasteiger partial charge in [0.2, 0.25) is 100 Å². The Morgan fingerprint density at radius 3 is 1.54 bits per heavy atom. The number of hydrogen-bond acceptors (Lipinski definition) is 24. The molecule has 4 saturated heterocycles. The number of phenolic OH excluding ortho intramolecular Hbond substituents is 1. The molecular formula is C89H123N21O23S. The van der Waals surface area contributed by atoms with Crippen molar-refractivity contribution in [2.24, 2.45) is 22.9 Å². The number of amides is 17. The third kappa shape index (κ3) is 28.6. The van der Waals surface area contributed by atoms with E-state index in [2.05, 4.69) is 63.1 Å². The number of nitrogens with two attached hydrogens (primary N) is 4. The van der Waals surface area contributed by atoms with Crippen LogP contribution in [0.4, 0.5) is 0 Å². The van der Waals surface area contributed by atoms with Crippen LogP contribution >= 0.6 is 11.8 Å². The van der Waals surface area contributed by atoms with E-state index >= 15 is 38.4 Å². The van der Waals surface area contributed by atoms with Crippen molar-refractivity contribution in [3.05, 3.63) is 102 Å². The largest absolute Gasteiger partial charge is 0.508 e. The van der Waals surface area contributed by atoms with Crippen LogP contribution in [0.5, 0.6) is 5.75 Å². The summed E-state index contributed by atoms with van der Waals surface area (Å²) in [5, 5.41) is 68.7. The number of carbonyl (C=O) groups excluding carboxylic acids is 17. The number of likely N-dealkylation sites (N-methyl/N-ethyl adjacent to an activating group) is 2. The summed E-state index contributed by atoms with van der Waals surface area (Å²) in [6, 6.07) is -3.14. The van der Waals surface area contributed by atoms with Crippen molar-refractivity contribution >= 4 is 146 Å². The number of H-pyrrole nitrogens is 2. The van der Waals surface area contributed by atoms with Crippen LogP contribution in [0.1, 0.15) is 146 Å². The summed E-state index contributed by atoms with van der Waals surface area (Å²) >= 11 is 0.718. The van der Waals surface area contributed by atoms with Gasteiger partial charge in [-0.1, -0.05) is 88.1 Å². The predicted molar refractivity (Wildman–Crippen MR) is 485 cm³/mol. The molecule has 0 unspecified atom stereocenters. The van der Waals surface area contributed by atoms with E-state index in [0.717, 1.165) is 36.3 Å². The van der Waals surface area contributed by atoms with Gasteiger partial charge in [0.15, 0.2) is 0 Å². The SMILES string of the molecule is CCCC[C@H]1C(=O)N(C)[C@@H](CCCC)C(=O)N[C@@H](CCC(=O)O)C(=O)N[C@H](C(=O)NCC(N)=O)CSCC(=O)N[C@@H](Cc2ccc(O)cc2)C(=O)N2CCCC[C@H]2C(=O)N[C@@H](CC(N)=O)C(=O)N2CCC[C@H]2C(=O)N[C@@H](CN)C(=O)N[C@@H](CCC(=O)O)C(=O)N2C[C@H](O)C[C@H]2C(=O)N[C@@H](Cc2c[nH]c3ccccc23)C(=O)N[C@@H](CCN)C(=O)N[C@@H](Cc2c[nH]c3ccccc23)C(=O)N1C. The Labute approximate surface area is 776 Å². The molecule has 0 radical (unpaired) electrons. The molecule has 24 N–H and O–H groups in total. The van der Waals surface area contributed by atoms with E-state index in [1.54, 1.807) is 67.8 Å². The highest BCUT2D eigenvalue weighted by molar-refractivity contribution is 8.00. The van der Waals surface area contributed by atoms with Gasteiger partial charge in [-0.05, 0) is 112 Å². The number of hydrogen-bond donors (Lipinski definition) is 20. The van der Waals surface area contributed by atoms with Crippen molar-refractivity contribution < 1.29 is 112 Å². The van der Waals surface area contributed by atoms with E-state index in [1.807, 2.05) is 6.92 Å². The molecule has 2 aromatic heterocycles. The van der Waals surface area contributed by atoms with Crippen LogP contribution in [0, 0.1) is 0 Å². The Kier molecular flexibility index (Phi) is 38.9. The van der Waals surface area contributed by atoms with E-state index in [1.165, 1.54) is 38.4 Å². The van der Waals surface area contributed by atoms with Crippen molar-refractivity contribution in [1.29, 1.82) is 0 Å². The third-order valence-electron chi connectivity index (χ3n) is 24.2. The Morgan fingerprint density at radius 2 is 0.955 bits per heavy atom. The molecule has 0 bridgehead atoms. The molecule has 45 heteroatoms. The maximum Gasteiger partial charge on any atom is 0.303 e. The number of aliphatic hydroxyl groups is 1. The number of aromatic nitrogens is 2. The van der Waals surface area contributed by atoms with Crippen LogP contribution in [0.3, 0.4) is 0 Å². The number of benzene rings is 3. The number of primary amides is 2. The number of fused-ring (bicyclic) bond motifs is 5. The third-order valence-corrected chi connectivity index (χ3v) is 25.3. The number of aliphatic hydroxyl groups excluding tert-OH is 1. The van der Waals surface area contributed by atoms with Crippen molar-refractivity contribution in [2.75, 3.05) is 64.9 Å². The van der Waals surface area contributed by atoms with E-state index < -0.39 is 273 Å². The van der Waals surface area contributed by atoms with Crippen molar-refractivity contribution in [2.45, 2.75) is 239 Å². The highest BCUT2D eigenvalue weighted by atomic mass is 32.2. The number of aliphatic carboxylic acids is 2. The van der Waals surface area contributed by atoms with Crippen molar-refractivity contribution in [3.63, 3.8) is 0 Å². The van der Waals surface area contributed by atoms with Crippen molar-refractivity contribution in [3.8, 4) is 5.75 Å². The van der Waals surface area contributed by atoms with Crippen LogP contribution in [0.15, 0.2) is 85.2 Å². The molecule has 17 amide bonds. The highest BCUT2D eigenvalue weighted by Crippen LogP contribution is 2.29. The molecule has 44 nitrogen and oxygen atoms in total. The minimum atomic E-state index is -1.84. The molecule has 15 atom stereocenters. The van der Waals surface area contributed by atoms with Gasteiger partial charge < -0.3 is 131 Å². The zero-order valence-corrected chi connectivity index (χ0v) is 76.1. The van der Waals surface area contributed by atoms with Crippen LogP contribution in [0.2, 0.25) is 0 Å². The Balaban J connectivity index is 1.10. The first-order valence-corrected chi connectivity index (χ1v) is 46.1. The molecule has 0 saturated carbocycles. The first kappa shape index (κ1) is 104. The first-order chi connectivity index (χ1) is 63.9. The van der Waals surface area contributed by atoms with Crippen LogP contribution in [-0.2, 0) is 110 Å². The maximum atomic E-state index is 15.8. The summed E-state index contributed by atoms with van der Waals surface area (Å²) < 4.78 is 0. The number of carbonyl (C=O) groups is 19. The van der Waals surface area contributed by atoms with Gasteiger partial charge in [-0.15, -0.1) is 11.8 Å². The summed E-state index contributed by atoms with van der Waals surface area (Å²) in [4.78, 5) is 286. The summed E-state index contributed by atoms with van der Waals surface area (Å²) in [7, 11) is 2.62. The number of piperidine rings is 1. The molecule has 9 rings (SSSR count). The summed E-state index contributed by atoms with van der Waals surface area (Å²) in [6.45, 7) is 1.02. The summed E-state index contributed by atoms with van der Waals surface area (Å²) in [5.41, 5.74) is 26.1. The van der Waals surface area contributed by atoms with Gasteiger partial charge in [-0.25, -0.2) is 0 Å². The number of rotatable bonds is 26. The van der Waals surface area contributed by atoms with Crippen LogP contribution < -0.4 is 76.1 Å². The maximum absolute atomic E-state index is 15.8. The molecule has 4 aliphatic heterocycles. The van der Waals surface area contributed by atoms with Crippen LogP contribution in [-0.4, -0.2) is 323 Å². The average Bonchev–Trinajstić information content (AvgIpc) is 1.57. The number of unbranched alkanes of at least 4 members (excludes halogenated alkanes) is 2. The number of aromatic hydroxyl groups is 1. The molecule has 0 spiro atoms. The molecule has 3 aromatic carbocycles. The Hall–Kier alpha value is -13.3. The molecule has 5 aromatic rings. The molecule has 4 aliphatic rings. The zero-order valence-electron chi connectivity index (χ0n) is 75.2. The molecule has 0 aliphatic carbocycles. The number of aromatic amines is 2. The average molecular weight is 1890 g/mol. The van der Waals surface area contributed by atoms with Gasteiger partial charge in [-0.2, -0.15) is 0 Å². The first-order valence-electron chi connectivity index (χ1n) is 44.9. The van der Waals surface area contributed by atoms with Crippen LogP contribution in [0.25, 0.3) is 21.8 Å². The molecular weight excluding hydrogens is 1760 g/mol. The van der Waals surface area contributed by atoms with Gasteiger partial charge in [0.1, 0.15) is 90.3 Å². The number of nitrogens with one attached hydrogen (secondary N) is 12. The highest BCUT2D eigenvalue weighted by Gasteiger charge is 2.47. The summed E-state index contributed by atoms with van der Waals surface area (Å²) in [5.74, 6) is -21.1. The topological polar surface area (TPSA) is 677 Å². The van der Waals surface area contributed by atoms with E-state index in [9.17, 15) is 73.2 Å². The van der Waals surface area contributed by atoms with E-state index in [4.69, 9.17) is 22.9 Å². The zero-order chi connectivity index (χ0) is 97.7. The lowest BCUT2D eigenvalue weighted by Gasteiger charge is -2.38. The lowest BCUT2D eigenvalue weighted by molar-refractivity contribution is -0.149. The minimum Gasteiger partial charge on any atom is -0.508 e. The second-order valence-corrected chi connectivity index (χ2v) is 35.0. The van der Waals surface area contributed by atoms with Gasteiger partial charge in [0.25, 0.3) is 0 Å². The van der Waals surface area contributed by atoms with E-state index in [0.29, 0.717) is 70.6 Å². The smallest absolute Gasteiger partial charge is 0.303 e. The van der Waals surface area contributed by atoms with Crippen molar-refractivity contribution in [1.82, 2.24) is 87.6 Å². The normalized spacial score (nSPS) is 25.3. The van der Waals surface area contributed by atoms with Gasteiger partial charge in [-0.3, -0.25) is 91.1 Å². The fourth-order valence-corrected chi connectivity index (χ4v) is 17.9. The lowest BCUT2D eigenvalue weighted by Crippen LogP contribution is -2.62. The minimum absolute atomic E-state index is 0.0364. The van der Waals surface area contributed by atoms with E-state index in [-0.39, 0.29) is 89.6 Å².